The van der Waals surface area contributed by atoms with E-state index in [1.54, 1.807) is 6.07 Å². The zero-order chi connectivity index (χ0) is 9.54. The highest BCUT2D eigenvalue weighted by Crippen LogP contribution is 2.09. The molecule has 0 bridgehead atoms. The summed E-state index contributed by atoms with van der Waals surface area (Å²) in [5.41, 5.74) is 8.47. The maximum atomic E-state index is 5.61. The molecule has 0 aromatic carbocycles. The number of H-pyrrole nitrogens is 1. The van der Waals surface area contributed by atoms with Gasteiger partial charge in [0.2, 0.25) is 0 Å². The third kappa shape index (κ3) is 1.39. The Morgan fingerprint density at radius 3 is 2.93 bits per heavy atom. The van der Waals surface area contributed by atoms with E-state index < -0.39 is 0 Å². The zero-order valence-electron chi connectivity index (χ0n) is 7.81. The summed E-state index contributed by atoms with van der Waals surface area (Å²) in [7, 11) is 0. The van der Waals surface area contributed by atoms with Gasteiger partial charge in [0.25, 0.3) is 11.3 Å². The van der Waals surface area contributed by atoms with Crippen LogP contribution < -0.4 is 22.5 Å². The third-order valence-corrected chi connectivity index (χ3v) is 2.26. The van der Waals surface area contributed by atoms with Crippen LogP contribution in [0.5, 0.6) is 0 Å². The van der Waals surface area contributed by atoms with Crippen molar-refractivity contribution in [3.05, 3.63) is 36.5 Å². The average Bonchev–Trinajstić information content (AvgIpc) is 2.54. The fraction of sp³-hybridized carbons (Fsp3) is 0. The number of aromatic nitrogens is 3. The second kappa shape index (κ2) is 3.40. The molecule has 0 amide bonds. The first-order valence-electron chi connectivity index (χ1n) is 4.39. The van der Waals surface area contributed by atoms with Gasteiger partial charge in [0.05, 0.1) is 6.20 Å². The van der Waals surface area contributed by atoms with Gasteiger partial charge in [0.15, 0.2) is 5.52 Å². The number of nitrogen functional groups attached to an aromatic ring is 1. The fourth-order valence-corrected chi connectivity index (χ4v) is 1.63. The summed E-state index contributed by atoms with van der Waals surface area (Å²) < 4.78 is 2.04. The maximum absolute atomic E-state index is 5.61. The van der Waals surface area contributed by atoms with Gasteiger partial charge >= 0.3 is 0 Å². The number of fused-ring (bicyclic) bond motifs is 3. The first-order valence-corrected chi connectivity index (χ1v) is 4.39. The van der Waals surface area contributed by atoms with Crippen molar-refractivity contribution in [3.63, 3.8) is 0 Å². The van der Waals surface area contributed by atoms with E-state index in [0.29, 0.717) is 5.82 Å². The van der Waals surface area contributed by atoms with Crippen LogP contribution in [0.15, 0.2) is 36.5 Å². The molecule has 3 heterocycles. The number of nitrogens with two attached hydrogens (primary N) is 1. The molecule has 5 heteroatoms. The Morgan fingerprint density at radius 1 is 1.20 bits per heavy atom. The van der Waals surface area contributed by atoms with E-state index in [0.717, 1.165) is 16.8 Å². The lowest BCUT2D eigenvalue weighted by Crippen LogP contribution is -3.00. The van der Waals surface area contributed by atoms with Gasteiger partial charge in [-0.25, -0.2) is 4.98 Å². The van der Waals surface area contributed by atoms with Crippen LogP contribution in [0.3, 0.4) is 0 Å². The van der Waals surface area contributed by atoms with Crippen LogP contribution in [0.2, 0.25) is 0 Å². The molecular formula is C10H9ClN4. The largest absolute Gasteiger partial charge is 1.00 e. The summed E-state index contributed by atoms with van der Waals surface area (Å²) >= 11 is 0. The Balaban J connectivity index is 0.000000853. The van der Waals surface area contributed by atoms with E-state index in [1.165, 1.54) is 0 Å². The van der Waals surface area contributed by atoms with Gasteiger partial charge in [0, 0.05) is 6.07 Å². The molecule has 3 rings (SSSR count). The van der Waals surface area contributed by atoms with E-state index in [2.05, 4.69) is 9.97 Å². The highest BCUT2D eigenvalue weighted by molar-refractivity contribution is 5.71. The minimum absolute atomic E-state index is 0. The number of nitrogens with zero attached hydrogens (tertiary/aromatic N) is 2. The standard InChI is InChI=1S/C10H8N4.ClH/c11-8-5-4-7-10(12-8)13-9-3-1-2-6-14(7)9;/h1-6H,(H2,11,12);1H. The number of nitrogens with one attached hydrogen (secondary N) is 1. The topological polar surface area (TPSA) is 58.8 Å². The lowest BCUT2D eigenvalue weighted by molar-refractivity contribution is -0.481. The molecule has 0 atom stereocenters. The third-order valence-electron chi connectivity index (χ3n) is 2.26. The van der Waals surface area contributed by atoms with E-state index >= 15 is 0 Å². The Morgan fingerprint density at radius 2 is 2.07 bits per heavy atom. The minimum atomic E-state index is 0. The Kier molecular flexibility index (Phi) is 2.21. The van der Waals surface area contributed by atoms with Gasteiger partial charge < -0.3 is 18.1 Å². The summed E-state index contributed by atoms with van der Waals surface area (Å²) in [6.45, 7) is 0. The van der Waals surface area contributed by atoms with Crippen LogP contribution in [0.1, 0.15) is 0 Å². The van der Waals surface area contributed by atoms with Gasteiger partial charge in [-0.3, -0.25) is 0 Å². The number of halogens is 1. The number of hydrogen-bond acceptors (Lipinski definition) is 2. The molecular weight excluding hydrogens is 212 g/mol. The minimum Gasteiger partial charge on any atom is -1.00 e. The monoisotopic (exact) mass is 220 g/mol. The van der Waals surface area contributed by atoms with Crippen molar-refractivity contribution < 1.29 is 16.8 Å². The molecule has 3 N–H and O–H groups in total. The van der Waals surface area contributed by atoms with Crippen LogP contribution in [0.4, 0.5) is 5.82 Å². The fourth-order valence-electron chi connectivity index (χ4n) is 1.63. The quantitative estimate of drug-likeness (QED) is 0.426. The van der Waals surface area contributed by atoms with Crippen LogP contribution >= 0.6 is 0 Å². The first kappa shape index (κ1) is 9.73. The second-order valence-electron chi connectivity index (χ2n) is 3.18. The lowest BCUT2D eigenvalue weighted by atomic mass is 10.4. The van der Waals surface area contributed by atoms with Crippen molar-refractivity contribution in [1.82, 2.24) is 9.97 Å². The molecule has 0 saturated carbocycles. The van der Waals surface area contributed by atoms with Gasteiger partial charge in [-0.2, -0.15) is 9.38 Å². The molecule has 0 spiro atoms. The molecule has 76 valence electrons. The Hall–Kier alpha value is -1.81. The molecule has 0 aliphatic rings. The van der Waals surface area contributed by atoms with Crippen molar-refractivity contribution in [2.45, 2.75) is 0 Å². The average molecular weight is 221 g/mol. The smallest absolute Gasteiger partial charge is 0.286 e. The molecule has 3 aromatic rings. The summed E-state index contributed by atoms with van der Waals surface area (Å²) in [5, 5.41) is 0. The summed E-state index contributed by atoms with van der Waals surface area (Å²) in [6, 6.07) is 9.72. The SMILES string of the molecule is Nc1ccc2c(n1)[nH]c1cccc[n+]12.[Cl-]. The summed E-state index contributed by atoms with van der Waals surface area (Å²) in [6.07, 6.45) is 1.99. The Labute approximate surface area is 92.2 Å². The number of imidazole rings is 1. The van der Waals surface area contributed by atoms with Gasteiger partial charge in [-0.15, -0.1) is 0 Å². The van der Waals surface area contributed by atoms with Gasteiger partial charge in [-0.05, 0) is 18.2 Å². The molecule has 0 fully saturated rings. The summed E-state index contributed by atoms with van der Waals surface area (Å²) in [4.78, 5) is 7.40. The molecule has 0 aliphatic carbocycles. The first-order chi connectivity index (χ1) is 6.84. The van der Waals surface area contributed by atoms with Crippen LogP contribution in [0, 0.1) is 0 Å². The predicted molar refractivity (Wildman–Crippen MR) is 53.7 cm³/mol. The number of aromatic amines is 1. The van der Waals surface area contributed by atoms with E-state index in [4.69, 9.17) is 5.73 Å². The number of rotatable bonds is 0. The highest BCUT2D eigenvalue weighted by atomic mass is 35.5. The van der Waals surface area contributed by atoms with Crippen molar-refractivity contribution >= 4 is 22.6 Å². The Bertz CT molecular complexity index is 617. The van der Waals surface area contributed by atoms with Crippen molar-refractivity contribution in [2.75, 3.05) is 5.73 Å². The van der Waals surface area contributed by atoms with Crippen molar-refractivity contribution in [2.24, 2.45) is 0 Å². The van der Waals surface area contributed by atoms with Crippen LogP contribution in [-0.2, 0) is 0 Å². The van der Waals surface area contributed by atoms with Crippen LogP contribution in [0.25, 0.3) is 16.8 Å². The molecule has 0 radical (unpaired) electrons. The van der Waals surface area contributed by atoms with E-state index in [9.17, 15) is 0 Å². The van der Waals surface area contributed by atoms with Crippen molar-refractivity contribution in [3.8, 4) is 0 Å². The zero-order valence-corrected chi connectivity index (χ0v) is 8.57. The molecule has 4 nitrogen and oxygen atoms in total. The molecule has 15 heavy (non-hydrogen) atoms. The number of hydrogen-bond donors (Lipinski definition) is 2. The number of anilines is 1. The van der Waals surface area contributed by atoms with Crippen LogP contribution in [-0.4, -0.2) is 9.97 Å². The predicted octanol–water partition coefficient (Wildman–Crippen LogP) is -2.11. The second-order valence-corrected chi connectivity index (χ2v) is 3.18. The summed E-state index contributed by atoms with van der Waals surface area (Å²) in [5.74, 6) is 0.532. The molecule has 0 unspecified atom stereocenters. The maximum Gasteiger partial charge on any atom is 0.286 e. The molecule has 0 aliphatic heterocycles. The molecule has 0 saturated heterocycles. The van der Waals surface area contributed by atoms with E-state index in [-0.39, 0.29) is 12.4 Å². The normalized spacial score (nSPS) is 10.4. The van der Waals surface area contributed by atoms with E-state index in [1.807, 2.05) is 34.9 Å². The lowest BCUT2D eigenvalue weighted by Gasteiger charge is -1.87. The van der Waals surface area contributed by atoms with Gasteiger partial charge in [-0.1, -0.05) is 6.07 Å². The van der Waals surface area contributed by atoms with Crippen molar-refractivity contribution in [1.29, 1.82) is 0 Å². The highest BCUT2D eigenvalue weighted by Gasteiger charge is 2.11. The number of pyridine rings is 2. The van der Waals surface area contributed by atoms with Gasteiger partial charge in [0.1, 0.15) is 5.82 Å². The molecule has 3 aromatic heterocycles.